The highest BCUT2D eigenvalue weighted by molar-refractivity contribution is 5.87. The first-order valence-electron chi connectivity index (χ1n) is 4.20. The van der Waals surface area contributed by atoms with Gasteiger partial charge in [-0.05, 0) is 30.2 Å². The second-order valence-electron chi connectivity index (χ2n) is 3.03. The van der Waals surface area contributed by atoms with E-state index in [0.717, 1.165) is 30.6 Å². The van der Waals surface area contributed by atoms with Crippen LogP contribution in [0.15, 0.2) is 12.3 Å². The zero-order valence-corrected chi connectivity index (χ0v) is 9.53. The Hall–Kier alpha value is -0.840. The number of nitrogens with zero attached hydrogens (tertiary/aromatic N) is 1. The molecule has 0 aliphatic carbocycles. The zero-order valence-electron chi connectivity index (χ0n) is 7.90. The highest BCUT2D eigenvalue weighted by Gasteiger charge is 2.17. The zero-order chi connectivity index (χ0) is 9.26. The molecule has 0 aromatic carbocycles. The van der Waals surface area contributed by atoms with E-state index in [1.165, 1.54) is 0 Å². The number of rotatable bonds is 1. The number of carboxylic acids is 1. The topological polar surface area (TPSA) is 62.2 Å². The van der Waals surface area contributed by atoms with Gasteiger partial charge in [0.2, 0.25) is 0 Å². The third-order valence-corrected chi connectivity index (χ3v) is 2.22. The Labute approximate surface area is 99.9 Å². The lowest BCUT2D eigenvalue weighted by atomic mass is 10.00. The van der Waals surface area contributed by atoms with Crippen LogP contribution >= 0.6 is 24.8 Å². The van der Waals surface area contributed by atoms with E-state index in [1.54, 1.807) is 6.20 Å². The molecule has 6 heteroatoms. The molecule has 0 unspecified atom stereocenters. The van der Waals surface area contributed by atoms with Crippen molar-refractivity contribution in [3.05, 3.63) is 29.1 Å². The van der Waals surface area contributed by atoms with Crippen molar-refractivity contribution in [3.63, 3.8) is 0 Å². The van der Waals surface area contributed by atoms with Crippen molar-refractivity contribution in [2.24, 2.45) is 0 Å². The summed E-state index contributed by atoms with van der Waals surface area (Å²) in [6.45, 7) is 1.58. The number of hydrogen-bond acceptors (Lipinski definition) is 3. The van der Waals surface area contributed by atoms with Crippen LogP contribution in [0.2, 0.25) is 0 Å². The van der Waals surface area contributed by atoms with Crippen molar-refractivity contribution in [1.82, 2.24) is 10.3 Å². The molecule has 2 rings (SSSR count). The average molecular weight is 251 g/mol. The Balaban J connectivity index is 0.000000980. The van der Waals surface area contributed by atoms with E-state index >= 15 is 0 Å². The maximum Gasteiger partial charge on any atom is 0.354 e. The quantitative estimate of drug-likeness (QED) is 0.789. The van der Waals surface area contributed by atoms with Crippen LogP contribution in [0, 0.1) is 0 Å². The van der Waals surface area contributed by atoms with E-state index < -0.39 is 5.97 Å². The number of aromatic carboxylic acids is 1. The average Bonchev–Trinajstić information content (AvgIpc) is 2.17. The highest BCUT2D eigenvalue weighted by Crippen LogP contribution is 2.16. The van der Waals surface area contributed by atoms with E-state index in [0.29, 0.717) is 0 Å². The lowest BCUT2D eigenvalue weighted by Gasteiger charge is -2.17. The smallest absolute Gasteiger partial charge is 0.354 e. The predicted molar refractivity (Wildman–Crippen MR) is 61.1 cm³/mol. The summed E-state index contributed by atoms with van der Waals surface area (Å²) in [4.78, 5) is 14.7. The molecule has 2 N–H and O–H groups in total. The third-order valence-electron chi connectivity index (χ3n) is 2.22. The van der Waals surface area contributed by atoms with Crippen molar-refractivity contribution < 1.29 is 9.90 Å². The number of pyridine rings is 1. The first-order valence-corrected chi connectivity index (χ1v) is 4.20. The third kappa shape index (κ3) is 2.81. The fourth-order valence-corrected chi connectivity index (χ4v) is 1.60. The van der Waals surface area contributed by atoms with E-state index in [-0.39, 0.29) is 30.5 Å². The summed E-state index contributed by atoms with van der Waals surface area (Å²) in [6.07, 6.45) is 2.31. The maximum atomic E-state index is 10.8. The number of halogens is 2. The van der Waals surface area contributed by atoms with Crippen molar-refractivity contribution >= 4 is 30.8 Å². The first-order chi connectivity index (χ1) is 6.29. The molecular weight excluding hydrogens is 239 g/mol. The molecule has 4 nitrogen and oxygen atoms in total. The van der Waals surface area contributed by atoms with Crippen LogP contribution < -0.4 is 5.32 Å². The van der Waals surface area contributed by atoms with Crippen LogP contribution in [0.5, 0.6) is 0 Å². The van der Waals surface area contributed by atoms with Gasteiger partial charge in [-0.25, -0.2) is 9.78 Å². The van der Waals surface area contributed by atoms with E-state index in [4.69, 9.17) is 5.11 Å². The molecule has 0 amide bonds. The number of hydrogen-bond donors (Lipinski definition) is 2. The van der Waals surface area contributed by atoms with Crippen LogP contribution in [0.1, 0.15) is 21.6 Å². The molecule has 15 heavy (non-hydrogen) atoms. The van der Waals surface area contributed by atoms with Crippen LogP contribution in [0.3, 0.4) is 0 Å². The number of aromatic nitrogens is 1. The van der Waals surface area contributed by atoms with Gasteiger partial charge < -0.3 is 10.4 Å². The Bertz CT molecular complexity index is 358. The van der Waals surface area contributed by atoms with Gasteiger partial charge >= 0.3 is 5.97 Å². The molecule has 1 aromatic heterocycles. The number of nitrogens with one attached hydrogen (secondary N) is 1. The number of carboxylic acid groups (broad SMARTS) is 1. The summed E-state index contributed by atoms with van der Waals surface area (Å²) in [6, 6.07) is 1.87. The van der Waals surface area contributed by atoms with Gasteiger partial charge in [0.25, 0.3) is 0 Å². The van der Waals surface area contributed by atoms with Crippen LogP contribution in [0.25, 0.3) is 0 Å². The maximum absolute atomic E-state index is 10.8. The predicted octanol–water partition coefficient (Wildman–Crippen LogP) is 1.27. The minimum atomic E-state index is -0.932. The molecule has 0 saturated heterocycles. The van der Waals surface area contributed by atoms with Crippen LogP contribution in [0.4, 0.5) is 0 Å². The van der Waals surface area contributed by atoms with E-state index in [2.05, 4.69) is 10.3 Å². The Morgan fingerprint density at radius 2 is 2.20 bits per heavy atom. The molecule has 0 spiro atoms. The van der Waals surface area contributed by atoms with Crippen LogP contribution in [-0.2, 0) is 13.0 Å². The minimum absolute atomic E-state index is 0. The van der Waals surface area contributed by atoms with Crippen molar-refractivity contribution in [2.75, 3.05) is 6.54 Å². The van der Waals surface area contributed by atoms with Crippen molar-refractivity contribution in [3.8, 4) is 0 Å². The Morgan fingerprint density at radius 1 is 1.47 bits per heavy atom. The largest absolute Gasteiger partial charge is 0.477 e. The van der Waals surface area contributed by atoms with E-state index in [9.17, 15) is 4.79 Å². The molecular formula is C9H12Cl2N2O2. The Morgan fingerprint density at radius 3 is 2.87 bits per heavy atom. The monoisotopic (exact) mass is 250 g/mol. The first kappa shape index (κ1) is 14.2. The van der Waals surface area contributed by atoms with Gasteiger partial charge in [0.15, 0.2) is 5.69 Å². The molecule has 0 saturated carbocycles. The summed E-state index contributed by atoms with van der Waals surface area (Å²) >= 11 is 0. The standard InChI is InChI=1S/C9H10N2O2.2ClH/c12-9(13)8-7-2-3-10-5-6(7)1-4-11-8;;/h1,4,10H,2-3,5H2,(H,12,13);2*1H. The SMILES string of the molecule is Cl.Cl.O=C(O)c1nccc2c1CCNC2. The van der Waals surface area contributed by atoms with Gasteiger partial charge in [-0.15, -0.1) is 24.8 Å². The number of fused-ring (bicyclic) bond motifs is 1. The number of carbonyl (C=O) groups is 1. The molecule has 0 radical (unpaired) electrons. The van der Waals surface area contributed by atoms with Gasteiger partial charge in [-0.3, -0.25) is 0 Å². The molecule has 0 fully saturated rings. The van der Waals surface area contributed by atoms with Gasteiger partial charge in [0, 0.05) is 12.7 Å². The van der Waals surface area contributed by atoms with Gasteiger partial charge in [0.1, 0.15) is 0 Å². The fraction of sp³-hybridized carbons (Fsp3) is 0.333. The second kappa shape index (κ2) is 5.90. The normalized spacial score (nSPS) is 13.1. The molecule has 0 bridgehead atoms. The Kier molecular flexibility index (Phi) is 5.57. The lowest BCUT2D eigenvalue weighted by molar-refractivity contribution is 0.0689. The minimum Gasteiger partial charge on any atom is -0.477 e. The summed E-state index contributed by atoms with van der Waals surface area (Å²) < 4.78 is 0. The van der Waals surface area contributed by atoms with Gasteiger partial charge in [-0.2, -0.15) is 0 Å². The summed E-state index contributed by atoms with van der Waals surface area (Å²) in [7, 11) is 0. The van der Waals surface area contributed by atoms with Crippen molar-refractivity contribution in [2.45, 2.75) is 13.0 Å². The molecule has 2 heterocycles. The second-order valence-corrected chi connectivity index (χ2v) is 3.03. The summed E-state index contributed by atoms with van der Waals surface area (Å²) in [5, 5.41) is 12.0. The molecule has 84 valence electrons. The van der Waals surface area contributed by atoms with Crippen LogP contribution in [-0.4, -0.2) is 22.6 Å². The van der Waals surface area contributed by atoms with E-state index in [1.807, 2.05) is 6.07 Å². The highest BCUT2D eigenvalue weighted by atomic mass is 35.5. The molecule has 1 aliphatic rings. The molecule has 0 atom stereocenters. The molecule has 1 aliphatic heterocycles. The fourth-order valence-electron chi connectivity index (χ4n) is 1.60. The van der Waals surface area contributed by atoms with Gasteiger partial charge in [0.05, 0.1) is 0 Å². The summed E-state index contributed by atoms with van der Waals surface area (Å²) in [5.41, 5.74) is 2.14. The molecule has 1 aromatic rings. The van der Waals surface area contributed by atoms with Crippen molar-refractivity contribution in [1.29, 1.82) is 0 Å². The van der Waals surface area contributed by atoms with Gasteiger partial charge in [-0.1, -0.05) is 0 Å². The summed E-state index contributed by atoms with van der Waals surface area (Å²) in [5.74, 6) is -0.932. The lowest BCUT2D eigenvalue weighted by Crippen LogP contribution is -2.26.